The van der Waals surface area contributed by atoms with Crippen molar-refractivity contribution in [1.82, 2.24) is 10.2 Å². The zero-order valence-corrected chi connectivity index (χ0v) is 10.4. The van der Waals surface area contributed by atoms with Gasteiger partial charge in [-0.2, -0.15) is 0 Å². The number of amides is 2. The number of sulfone groups is 1. The van der Waals surface area contributed by atoms with E-state index >= 15 is 0 Å². The number of hydrogen-bond donors (Lipinski definition) is 2. The lowest BCUT2D eigenvalue weighted by Crippen LogP contribution is -2.49. The molecule has 2 aliphatic heterocycles. The van der Waals surface area contributed by atoms with Crippen molar-refractivity contribution in [2.45, 2.75) is 24.9 Å². The number of likely N-dealkylation sites (tertiary alicyclic amines) is 1. The molecule has 0 aromatic rings. The molecule has 2 amide bonds. The average molecular weight is 274 g/mol. The summed E-state index contributed by atoms with van der Waals surface area (Å²) in [5, 5.41) is 12.5. The third-order valence-electron chi connectivity index (χ3n) is 3.04. The van der Waals surface area contributed by atoms with Gasteiger partial charge in [0.2, 0.25) is 0 Å². The van der Waals surface area contributed by atoms with Crippen LogP contribution in [0.2, 0.25) is 0 Å². The monoisotopic (exact) mass is 274 g/mol. The second kappa shape index (κ2) is 4.60. The van der Waals surface area contributed by atoms with E-state index in [-0.39, 0.29) is 5.75 Å². The van der Waals surface area contributed by atoms with Crippen LogP contribution in [0.1, 0.15) is 12.8 Å². The van der Waals surface area contributed by atoms with Gasteiger partial charge < -0.3 is 15.3 Å². The molecule has 0 saturated carbocycles. The van der Waals surface area contributed by atoms with E-state index in [1.165, 1.54) is 11.0 Å². The molecule has 2 aliphatic rings. The largest absolute Gasteiger partial charge is 0.480 e. The van der Waals surface area contributed by atoms with Crippen LogP contribution in [0.25, 0.3) is 0 Å². The summed E-state index contributed by atoms with van der Waals surface area (Å²) in [7, 11) is -3.22. The van der Waals surface area contributed by atoms with E-state index in [0.29, 0.717) is 19.4 Å². The van der Waals surface area contributed by atoms with Crippen LogP contribution in [-0.2, 0) is 14.6 Å². The van der Waals surface area contributed by atoms with Gasteiger partial charge in [0.15, 0.2) is 9.84 Å². The van der Waals surface area contributed by atoms with E-state index in [4.69, 9.17) is 5.11 Å². The Morgan fingerprint density at radius 3 is 2.67 bits per heavy atom. The van der Waals surface area contributed by atoms with Crippen LogP contribution < -0.4 is 5.32 Å². The van der Waals surface area contributed by atoms with Crippen molar-refractivity contribution in [3.05, 3.63) is 11.5 Å². The Morgan fingerprint density at radius 1 is 1.39 bits per heavy atom. The molecule has 2 atom stereocenters. The van der Waals surface area contributed by atoms with Crippen molar-refractivity contribution in [3.8, 4) is 0 Å². The fourth-order valence-electron chi connectivity index (χ4n) is 2.17. The van der Waals surface area contributed by atoms with Gasteiger partial charge in [0.05, 0.1) is 11.8 Å². The summed E-state index contributed by atoms with van der Waals surface area (Å²) in [4.78, 5) is 24.0. The normalized spacial score (nSPS) is 29.4. The highest BCUT2D eigenvalue weighted by molar-refractivity contribution is 7.94. The molecule has 1 unspecified atom stereocenters. The van der Waals surface area contributed by atoms with E-state index in [0.717, 1.165) is 5.41 Å². The Bertz CT molecular complexity index is 498. The first-order valence-electron chi connectivity index (χ1n) is 5.60. The third kappa shape index (κ3) is 2.63. The lowest BCUT2D eigenvalue weighted by Gasteiger charge is -2.23. The van der Waals surface area contributed by atoms with Crippen LogP contribution in [0.3, 0.4) is 0 Å². The average Bonchev–Trinajstić information content (AvgIpc) is 2.84. The van der Waals surface area contributed by atoms with Crippen molar-refractivity contribution in [2.24, 2.45) is 0 Å². The van der Waals surface area contributed by atoms with Gasteiger partial charge in [-0.3, -0.25) is 0 Å². The van der Waals surface area contributed by atoms with E-state index in [1.54, 1.807) is 0 Å². The maximum Gasteiger partial charge on any atom is 0.326 e. The maximum absolute atomic E-state index is 11.8. The smallest absolute Gasteiger partial charge is 0.326 e. The summed E-state index contributed by atoms with van der Waals surface area (Å²) in [6.07, 6.45) is 2.48. The summed E-state index contributed by atoms with van der Waals surface area (Å²) < 4.78 is 22.3. The summed E-state index contributed by atoms with van der Waals surface area (Å²) in [5.74, 6) is -1.19. The Morgan fingerprint density at radius 2 is 2.11 bits per heavy atom. The minimum absolute atomic E-state index is 0.162. The molecule has 0 aliphatic carbocycles. The van der Waals surface area contributed by atoms with Crippen molar-refractivity contribution in [3.63, 3.8) is 0 Å². The van der Waals surface area contributed by atoms with Gasteiger partial charge in [0, 0.05) is 12.0 Å². The van der Waals surface area contributed by atoms with Crippen molar-refractivity contribution >= 4 is 21.8 Å². The first-order chi connectivity index (χ1) is 8.39. The number of aliphatic carboxylic acids is 1. The first-order valence-corrected chi connectivity index (χ1v) is 7.31. The van der Waals surface area contributed by atoms with Gasteiger partial charge >= 0.3 is 12.0 Å². The minimum Gasteiger partial charge on any atom is -0.480 e. The third-order valence-corrected chi connectivity index (χ3v) is 4.43. The van der Waals surface area contributed by atoms with Crippen molar-refractivity contribution < 1.29 is 23.1 Å². The number of urea groups is 1. The molecule has 2 rings (SSSR count). The summed E-state index contributed by atoms with van der Waals surface area (Å²) in [5.41, 5.74) is 0. The highest BCUT2D eigenvalue weighted by Gasteiger charge is 2.35. The summed E-state index contributed by atoms with van der Waals surface area (Å²) >= 11 is 0. The maximum atomic E-state index is 11.8. The van der Waals surface area contributed by atoms with Gasteiger partial charge in [-0.15, -0.1) is 0 Å². The van der Waals surface area contributed by atoms with Crippen LogP contribution >= 0.6 is 0 Å². The van der Waals surface area contributed by atoms with Crippen LogP contribution in [-0.4, -0.2) is 54.8 Å². The number of carbonyl (C=O) groups is 2. The Hall–Kier alpha value is -1.57. The molecule has 1 saturated heterocycles. The van der Waals surface area contributed by atoms with Gasteiger partial charge in [-0.05, 0) is 18.9 Å². The van der Waals surface area contributed by atoms with Crippen LogP contribution in [0.4, 0.5) is 4.79 Å². The second-order valence-corrected chi connectivity index (χ2v) is 6.33. The second-order valence-electron chi connectivity index (χ2n) is 4.40. The van der Waals surface area contributed by atoms with Gasteiger partial charge in [0.25, 0.3) is 0 Å². The molecule has 2 heterocycles. The molecular formula is C10H14N2O5S. The fourth-order valence-corrected chi connectivity index (χ4v) is 3.41. The molecule has 2 N–H and O–H groups in total. The van der Waals surface area contributed by atoms with Gasteiger partial charge in [-0.1, -0.05) is 0 Å². The fraction of sp³-hybridized carbons (Fsp3) is 0.600. The Kier molecular flexibility index (Phi) is 3.29. The standard InChI is InChI=1S/C10H14N2O5S/c13-9(14)8-2-1-4-12(8)10(15)11-7-3-5-18(16,17)6-7/h3,5,7-8H,1-2,4,6H2,(H,11,15)(H,13,14)/t7?,8-/m1/s1. The first kappa shape index (κ1) is 12.9. The minimum atomic E-state index is -3.22. The molecule has 1 fully saturated rings. The summed E-state index contributed by atoms with van der Waals surface area (Å²) in [6.45, 7) is 0.381. The number of rotatable bonds is 2. The van der Waals surface area contributed by atoms with Crippen molar-refractivity contribution in [2.75, 3.05) is 12.3 Å². The molecule has 0 aromatic carbocycles. The van der Waals surface area contributed by atoms with Crippen molar-refractivity contribution in [1.29, 1.82) is 0 Å². The molecule has 18 heavy (non-hydrogen) atoms. The molecule has 100 valence electrons. The highest BCUT2D eigenvalue weighted by atomic mass is 32.2. The number of hydrogen-bond acceptors (Lipinski definition) is 4. The molecule has 0 radical (unpaired) electrons. The van der Waals surface area contributed by atoms with E-state index in [9.17, 15) is 18.0 Å². The summed E-state index contributed by atoms with van der Waals surface area (Å²) in [6, 6.07) is -1.91. The van der Waals surface area contributed by atoms with Crippen LogP contribution in [0.5, 0.6) is 0 Å². The topological polar surface area (TPSA) is 104 Å². The number of carboxylic acid groups (broad SMARTS) is 1. The zero-order chi connectivity index (χ0) is 13.3. The SMILES string of the molecule is O=C(O)[C@H]1CCCN1C(=O)NC1C=CS(=O)(=O)C1. The molecule has 0 aromatic heterocycles. The van der Waals surface area contributed by atoms with E-state index in [2.05, 4.69) is 5.32 Å². The molecule has 7 nitrogen and oxygen atoms in total. The molecule has 8 heteroatoms. The Labute approximate surface area is 104 Å². The quantitative estimate of drug-likeness (QED) is 0.710. The number of carbonyl (C=O) groups excluding carboxylic acids is 1. The lowest BCUT2D eigenvalue weighted by atomic mass is 10.2. The Balaban J connectivity index is 1.97. The van der Waals surface area contributed by atoms with E-state index < -0.39 is 33.9 Å². The number of nitrogens with zero attached hydrogens (tertiary/aromatic N) is 1. The van der Waals surface area contributed by atoms with Gasteiger partial charge in [-0.25, -0.2) is 18.0 Å². The lowest BCUT2D eigenvalue weighted by molar-refractivity contribution is -0.141. The number of carboxylic acids is 1. The molecule has 0 bridgehead atoms. The predicted molar refractivity (Wildman–Crippen MR) is 62.6 cm³/mol. The number of nitrogens with one attached hydrogen (secondary N) is 1. The molecule has 0 spiro atoms. The molecular weight excluding hydrogens is 260 g/mol. The van der Waals surface area contributed by atoms with Gasteiger partial charge in [0.1, 0.15) is 6.04 Å². The van der Waals surface area contributed by atoms with E-state index in [1.807, 2.05) is 0 Å². The predicted octanol–water partition coefficient (Wildman–Crippen LogP) is -0.444. The van der Waals surface area contributed by atoms with Crippen LogP contribution in [0.15, 0.2) is 11.5 Å². The zero-order valence-electron chi connectivity index (χ0n) is 9.57. The highest BCUT2D eigenvalue weighted by Crippen LogP contribution is 2.18. The van der Waals surface area contributed by atoms with Crippen LogP contribution in [0, 0.1) is 0 Å².